The molecule has 3 aliphatic rings. The molecule has 1 unspecified atom stereocenters. The summed E-state index contributed by atoms with van der Waals surface area (Å²) in [7, 11) is 0. The van der Waals surface area contributed by atoms with E-state index in [1.807, 2.05) is 35.5 Å². The number of piperazine rings is 1. The number of nitrogens with zero attached hydrogens (tertiary/aromatic N) is 3. The van der Waals surface area contributed by atoms with E-state index in [0.29, 0.717) is 45.2 Å². The molecule has 1 atom stereocenters. The summed E-state index contributed by atoms with van der Waals surface area (Å²) in [6, 6.07) is 0.390. The topological polar surface area (TPSA) is 60.9 Å². The highest BCUT2D eigenvalue weighted by Gasteiger charge is 2.43. The van der Waals surface area contributed by atoms with Crippen LogP contribution in [0, 0.1) is 11.3 Å². The molecule has 3 amide bonds. The van der Waals surface area contributed by atoms with Crippen LogP contribution in [0.5, 0.6) is 0 Å². The summed E-state index contributed by atoms with van der Waals surface area (Å²) in [6.07, 6.45) is 2.52. The summed E-state index contributed by atoms with van der Waals surface area (Å²) in [5, 5.41) is 0. The number of hydrogen-bond donors (Lipinski definition) is 0. The molecule has 0 radical (unpaired) electrons. The van der Waals surface area contributed by atoms with Crippen LogP contribution < -0.4 is 0 Å². The van der Waals surface area contributed by atoms with Gasteiger partial charge in [-0.2, -0.15) is 0 Å². The van der Waals surface area contributed by atoms with Crippen LogP contribution in [0.3, 0.4) is 0 Å². The van der Waals surface area contributed by atoms with Crippen molar-refractivity contribution in [2.75, 3.05) is 32.7 Å². The maximum Gasteiger partial charge on any atom is 0.228 e. The van der Waals surface area contributed by atoms with Gasteiger partial charge < -0.3 is 14.7 Å². The minimum absolute atomic E-state index is 0.0874. The molecule has 23 heavy (non-hydrogen) atoms. The molecule has 2 aliphatic heterocycles. The predicted molar refractivity (Wildman–Crippen MR) is 85.5 cm³/mol. The molecule has 1 aliphatic carbocycles. The van der Waals surface area contributed by atoms with Crippen LogP contribution in [0.15, 0.2) is 0 Å². The first-order valence-electron chi connectivity index (χ1n) is 8.65. The number of hydrogen-bond acceptors (Lipinski definition) is 3. The van der Waals surface area contributed by atoms with Gasteiger partial charge in [-0.25, -0.2) is 0 Å². The van der Waals surface area contributed by atoms with Crippen molar-refractivity contribution in [1.29, 1.82) is 0 Å². The largest absolute Gasteiger partial charge is 0.339 e. The molecule has 3 rings (SSSR count). The normalized spacial score (nSPS) is 26.0. The third-order valence-corrected chi connectivity index (χ3v) is 5.02. The van der Waals surface area contributed by atoms with Gasteiger partial charge in [0.1, 0.15) is 0 Å². The van der Waals surface area contributed by atoms with Crippen molar-refractivity contribution in [3.63, 3.8) is 0 Å². The Morgan fingerprint density at radius 3 is 2.09 bits per heavy atom. The Bertz CT molecular complexity index is 514. The molecule has 0 aromatic heterocycles. The van der Waals surface area contributed by atoms with E-state index in [1.165, 1.54) is 0 Å². The molecule has 3 fully saturated rings. The van der Waals surface area contributed by atoms with Crippen LogP contribution in [0.1, 0.15) is 40.0 Å². The summed E-state index contributed by atoms with van der Waals surface area (Å²) >= 11 is 0. The highest BCUT2D eigenvalue weighted by Crippen LogP contribution is 2.33. The summed E-state index contributed by atoms with van der Waals surface area (Å²) in [5.74, 6) is 0.172. The van der Waals surface area contributed by atoms with Crippen LogP contribution in [-0.4, -0.2) is 71.2 Å². The molecule has 128 valence electrons. The quantitative estimate of drug-likeness (QED) is 0.753. The highest BCUT2D eigenvalue weighted by molar-refractivity contribution is 5.90. The van der Waals surface area contributed by atoms with E-state index in [4.69, 9.17) is 0 Å². The average molecular weight is 321 g/mol. The fourth-order valence-corrected chi connectivity index (χ4v) is 3.50. The van der Waals surface area contributed by atoms with Crippen molar-refractivity contribution in [3.8, 4) is 0 Å². The maximum absolute atomic E-state index is 12.7. The van der Waals surface area contributed by atoms with Gasteiger partial charge in [0, 0.05) is 50.6 Å². The SMILES string of the molecule is CC(C)(C)C(=O)N1CCN(C(=O)C2CC(=O)N(C3CC3)C2)CC1. The Morgan fingerprint density at radius 1 is 1.00 bits per heavy atom. The van der Waals surface area contributed by atoms with Gasteiger partial charge in [-0.1, -0.05) is 20.8 Å². The van der Waals surface area contributed by atoms with Crippen molar-refractivity contribution in [2.24, 2.45) is 11.3 Å². The molecule has 2 heterocycles. The molecule has 0 N–H and O–H groups in total. The average Bonchev–Trinajstić information content (AvgIpc) is 3.27. The summed E-state index contributed by atoms with van der Waals surface area (Å²) < 4.78 is 0. The van der Waals surface area contributed by atoms with Crippen LogP contribution in [0.25, 0.3) is 0 Å². The minimum Gasteiger partial charge on any atom is -0.339 e. The molecular weight excluding hydrogens is 294 g/mol. The van der Waals surface area contributed by atoms with E-state index in [2.05, 4.69) is 0 Å². The molecule has 6 heteroatoms. The van der Waals surface area contributed by atoms with Gasteiger partial charge in [0.15, 0.2) is 0 Å². The van der Waals surface area contributed by atoms with Crippen LogP contribution in [0.4, 0.5) is 0 Å². The van der Waals surface area contributed by atoms with Crippen molar-refractivity contribution >= 4 is 17.7 Å². The maximum atomic E-state index is 12.7. The lowest BCUT2D eigenvalue weighted by Crippen LogP contribution is -2.54. The van der Waals surface area contributed by atoms with Crippen molar-refractivity contribution in [2.45, 2.75) is 46.1 Å². The smallest absolute Gasteiger partial charge is 0.228 e. The van der Waals surface area contributed by atoms with E-state index < -0.39 is 0 Å². The second kappa shape index (κ2) is 5.80. The zero-order valence-electron chi connectivity index (χ0n) is 14.4. The number of rotatable bonds is 2. The van der Waals surface area contributed by atoms with Gasteiger partial charge in [0.05, 0.1) is 5.92 Å². The minimum atomic E-state index is -0.380. The molecular formula is C17H27N3O3. The molecule has 0 spiro atoms. The highest BCUT2D eigenvalue weighted by atomic mass is 16.2. The number of carbonyl (C=O) groups is 3. The summed E-state index contributed by atoms with van der Waals surface area (Å²) in [5.41, 5.74) is -0.380. The number of likely N-dealkylation sites (tertiary alicyclic amines) is 1. The van der Waals surface area contributed by atoms with Gasteiger partial charge in [0.25, 0.3) is 0 Å². The summed E-state index contributed by atoms with van der Waals surface area (Å²) in [4.78, 5) is 42.5. The second-order valence-corrected chi connectivity index (χ2v) is 8.05. The van der Waals surface area contributed by atoms with Gasteiger partial charge in [-0.15, -0.1) is 0 Å². The zero-order chi connectivity index (χ0) is 16.8. The summed E-state index contributed by atoms with van der Waals surface area (Å²) in [6.45, 7) is 8.69. The lowest BCUT2D eigenvalue weighted by atomic mass is 9.94. The van der Waals surface area contributed by atoms with Gasteiger partial charge in [-0.05, 0) is 12.8 Å². The van der Waals surface area contributed by atoms with E-state index in [-0.39, 0.29) is 29.1 Å². The van der Waals surface area contributed by atoms with Crippen molar-refractivity contribution in [1.82, 2.24) is 14.7 Å². The van der Waals surface area contributed by atoms with Gasteiger partial charge >= 0.3 is 0 Å². The number of amides is 3. The molecule has 0 aromatic carbocycles. The predicted octanol–water partition coefficient (Wildman–Crippen LogP) is 0.714. The lowest BCUT2D eigenvalue weighted by Gasteiger charge is -2.38. The van der Waals surface area contributed by atoms with Gasteiger partial charge in [0.2, 0.25) is 17.7 Å². The first-order valence-corrected chi connectivity index (χ1v) is 8.65. The van der Waals surface area contributed by atoms with E-state index in [0.717, 1.165) is 12.8 Å². The van der Waals surface area contributed by atoms with Crippen molar-refractivity contribution < 1.29 is 14.4 Å². The fourth-order valence-electron chi connectivity index (χ4n) is 3.50. The zero-order valence-corrected chi connectivity index (χ0v) is 14.4. The van der Waals surface area contributed by atoms with Gasteiger partial charge in [-0.3, -0.25) is 14.4 Å². The van der Waals surface area contributed by atoms with Crippen LogP contribution in [0.2, 0.25) is 0 Å². The van der Waals surface area contributed by atoms with E-state index in [1.54, 1.807) is 0 Å². The van der Waals surface area contributed by atoms with Crippen LogP contribution in [-0.2, 0) is 14.4 Å². The fraction of sp³-hybridized carbons (Fsp3) is 0.824. The molecule has 0 aromatic rings. The first kappa shape index (κ1) is 16.3. The first-order chi connectivity index (χ1) is 10.8. The second-order valence-electron chi connectivity index (χ2n) is 8.05. The number of carbonyl (C=O) groups excluding carboxylic acids is 3. The lowest BCUT2D eigenvalue weighted by molar-refractivity contribution is -0.146. The Morgan fingerprint density at radius 2 is 1.57 bits per heavy atom. The monoisotopic (exact) mass is 321 g/mol. The molecule has 2 saturated heterocycles. The Balaban J connectivity index is 1.53. The Labute approximate surface area is 137 Å². The third kappa shape index (κ3) is 3.35. The third-order valence-electron chi connectivity index (χ3n) is 5.02. The standard InChI is InChI=1S/C17H27N3O3/c1-17(2,3)16(23)19-8-6-18(7-9-19)15(22)12-10-14(21)20(11-12)13-4-5-13/h12-13H,4-11H2,1-3H3. The van der Waals surface area contributed by atoms with E-state index in [9.17, 15) is 14.4 Å². The Hall–Kier alpha value is -1.59. The van der Waals surface area contributed by atoms with Crippen LogP contribution >= 0.6 is 0 Å². The van der Waals surface area contributed by atoms with Crippen molar-refractivity contribution in [3.05, 3.63) is 0 Å². The Kier molecular flexibility index (Phi) is 4.10. The van der Waals surface area contributed by atoms with E-state index >= 15 is 0 Å². The molecule has 0 bridgehead atoms. The molecule has 6 nitrogen and oxygen atoms in total. The molecule has 1 saturated carbocycles.